The Kier molecular flexibility index (Phi) is 4.93. The van der Waals surface area contributed by atoms with Crippen LogP contribution in [0.1, 0.15) is 48.4 Å². The minimum absolute atomic E-state index is 0.278. The van der Waals surface area contributed by atoms with Crippen LogP contribution in [0.3, 0.4) is 0 Å². The van der Waals surface area contributed by atoms with Crippen molar-refractivity contribution >= 4 is 5.97 Å². The number of aromatic carboxylic acids is 1. The van der Waals surface area contributed by atoms with Gasteiger partial charge in [0.1, 0.15) is 0 Å². The molecular formula is C15H20O4. The Balaban J connectivity index is 1.88. The van der Waals surface area contributed by atoms with E-state index in [2.05, 4.69) is 6.92 Å². The molecule has 0 spiro atoms. The fourth-order valence-corrected chi connectivity index (χ4v) is 2.18. The van der Waals surface area contributed by atoms with Crippen LogP contribution in [0.15, 0.2) is 24.3 Å². The molecule has 0 saturated carbocycles. The van der Waals surface area contributed by atoms with Gasteiger partial charge in [-0.1, -0.05) is 31.9 Å². The van der Waals surface area contributed by atoms with Crippen molar-refractivity contribution in [1.29, 1.82) is 0 Å². The molecule has 0 bridgehead atoms. The summed E-state index contributed by atoms with van der Waals surface area (Å²) in [5.74, 6) is -0.439. The summed E-state index contributed by atoms with van der Waals surface area (Å²) in [4.78, 5) is 10.8. The lowest BCUT2D eigenvalue weighted by molar-refractivity contribution is -0.206. The standard InChI is InChI=1S/C15H20O4/c1-2-3-4-11-9-18-15(19-10-11)13-7-5-12(6-8-13)14(16)17/h5-8,11,15H,2-4,9-10H2,1H3,(H,16,17). The summed E-state index contributed by atoms with van der Waals surface area (Å²) in [6.07, 6.45) is 3.17. The van der Waals surface area contributed by atoms with Gasteiger partial charge in [0.2, 0.25) is 0 Å². The molecule has 4 heteroatoms. The van der Waals surface area contributed by atoms with E-state index in [-0.39, 0.29) is 11.9 Å². The molecular weight excluding hydrogens is 244 g/mol. The molecule has 2 rings (SSSR count). The number of hydrogen-bond acceptors (Lipinski definition) is 3. The quantitative estimate of drug-likeness (QED) is 0.887. The van der Waals surface area contributed by atoms with Gasteiger partial charge in [-0.3, -0.25) is 0 Å². The Labute approximate surface area is 113 Å². The molecule has 0 atom stereocenters. The summed E-state index contributed by atoms with van der Waals surface area (Å²) in [7, 11) is 0. The first-order valence-electron chi connectivity index (χ1n) is 6.77. The lowest BCUT2D eigenvalue weighted by atomic mass is 10.0. The highest BCUT2D eigenvalue weighted by Gasteiger charge is 2.23. The van der Waals surface area contributed by atoms with Crippen LogP contribution in [0.4, 0.5) is 0 Å². The topological polar surface area (TPSA) is 55.8 Å². The fraction of sp³-hybridized carbons (Fsp3) is 0.533. The molecule has 1 N–H and O–H groups in total. The van der Waals surface area contributed by atoms with Gasteiger partial charge in [0.05, 0.1) is 18.8 Å². The van der Waals surface area contributed by atoms with Crippen LogP contribution < -0.4 is 0 Å². The first-order chi connectivity index (χ1) is 9.20. The van der Waals surface area contributed by atoms with E-state index in [1.165, 1.54) is 12.8 Å². The van der Waals surface area contributed by atoms with Crippen LogP contribution in [0.25, 0.3) is 0 Å². The molecule has 1 aliphatic rings. The molecule has 1 saturated heterocycles. The van der Waals surface area contributed by atoms with E-state index >= 15 is 0 Å². The fourth-order valence-electron chi connectivity index (χ4n) is 2.18. The third kappa shape index (κ3) is 3.78. The number of unbranched alkanes of at least 4 members (excludes halogenated alkanes) is 1. The Bertz CT molecular complexity index is 405. The molecule has 1 aliphatic heterocycles. The van der Waals surface area contributed by atoms with E-state index < -0.39 is 5.97 Å². The normalized spacial score (nSPS) is 23.2. The molecule has 1 fully saturated rings. The Morgan fingerprint density at radius 1 is 1.26 bits per heavy atom. The van der Waals surface area contributed by atoms with E-state index in [0.29, 0.717) is 19.1 Å². The zero-order chi connectivity index (χ0) is 13.7. The second-order valence-corrected chi connectivity index (χ2v) is 4.93. The number of carboxylic acids is 1. The highest BCUT2D eigenvalue weighted by molar-refractivity contribution is 5.87. The van der Waals surface area contributed by atoms with E-state index in [1.54, 1.807) is 24.3 Å². The third-order valence-electron chi connectivity index (χ3n) is 3.36. The van der Waals surface area contributed by atoms with Gasteiger partial charge in [-0.15, -0.1) is 0 Å². The lowest BCUT2D eigenvalue weighted by Crippen LogP contribution is -2.27. The van der Waals surface area contributed by atoms with Gasteiger partial charge in [-0.05, 0) is 18.6 Å². The van der Waals surface area contributed by atoms with Crippen molar-refractivity contribution in [2.24, 2.45) is 5.92 Å². The second kappa shape index (κ2) is 6.68. The number of benzene rings is 1. The van der Waals surface area contributed by atoms with Gasteiger partial charge in [0, 0.05) is 11.5 Å². The minimum Gasteiger partial charge on any atom is -0.478 e. The van der Waals surface area contributed by atoms with Gasteiger partial charge < -0.3 is 14.6 Å². The Hall–Kier alpha value is -1.39. The van der Waals surface area contributed by atoms with E-state index in [4.69, 9.17) is 14.6 Å². The molecule has 0 radical (unpaired) electrons. The van der Waals surface area contributed by atoms with Gasteiger partial charge in [-0.25, -0.2) is 4.79 Å². The molecule has 104 valence electrons. The highest BCUT2D eigenvalue weighted by Crippen LogP contribution is 2.27. The van der Waals surface area contributed by atoms with Crippen molar-refractivity contribution in [3.63, 3.8) is 0 Å². The van der Waals surface area contributed by atoms with E-state index in [9.17, 15) is 4.79 Å². The zero-order valence-electron chi connectivity index (χ0n) is 11.2. The smallest absolute Gasteiger partial charge is 0.335 e. The van der Waals surface area contributed by atoms with Crippen molar-refractivity contribution in [2.75, 3.05) is 13.2 Å². The van der Waals surface area contributed by atoms with Gasteiger partial charge in [0.25, 0.3) is 0 Å². The average Bonchev–Trinajstić information content (AvgIpc) is 2.46. The number of rotatable bonds is 5. The van der Waals surface area contributed by atoms with Gasteiger partial charge >= 0.3 is 5.97 Å². The molecule has 0 amide bonds. The van der Waals surface area contributed by atoms with Crippen LogP contribution in [0, 0.1) is 5.92 Å². The first-order valence-corrected chi connectivity index (χ1v) is 6.77. The Morgan fingerprint density at radius 2 is 1.89 bits per heavy atom. The number of hydrogen-bond donors (Lipinski definition) is 1. The van der Waals surface area contributed by atoms with E-state index in [0.717, 1.165) is 12.0 Å². The molecule has 1 aromatic rings. The molecule has 0 aliphatic carbocycles. The molecule has 0 aromatic heterocycles. The largest absolute Gasteiger partial charge is 0.478 e. The maximum absolute atomic E-state index is 10.8. The second-order valence-electron chi connectivity index (χ2n) is 4.93. The van der Waals surface area contributed by atoms with Crippen molar-refractivity contribution in [3.05, 3.63) is 35.4 Å². The summed E-state index contributed by atoms with van der Waals surface area (Å²) in [5.41, 5.74) is 1.15. The van der Waals surface area contributed by atoms with Crippen LogP contribution in [0.2, 0.25) is 0 Å². The van der Waals surface area contributed by atoms with Crippen molar-refractivity contribution in [3.8, 4) is 0 Å². The van der Waals surface area contributed by atoms with Crippen LogP contribution in [-0.4, -0.2) is 24.3 Å². The molecule has 1 aromatic carbocycles. The van der Waals surface area contributed by atoms with Gasteiger partial charge in [-0.2, -0.15) is 0 Å². The number of ether oxygens (including phenoxy) is 2. The predicted octanol–water partition coefficient (Wildman–Crippen LogP) is 3.24. The SMILES string of the molecule is CCCCC1COC(c2ccc(C(=O)O)cc2)OC1. The summed E-state index contributed by atoms with van der Waals surface area (Å²) in [5, 5.41) is 8.84. The summed E-state index contributed by atoms with van der Waals surface area (Å²) < 4.78 is 11.4. The summed E-state index contributed by atoms with van der Waals surface area (Å²) >= 11 is 0. The highest BCUT2D eigenvalue weighted by atomic mass is 16.7. The zero-order valence-corrected chi connectivity index (χ0v) is 11.2. The van der Waals surface area contributed by atoms with Crippen molar-refractivity contribution in [2.45, 2.75) is 32.5 Å². The van der Waals surface area contributed by atoms with Crippen molar-refractivity contribution in [1.82, 2.24) is 0 Å². The maximum atomic E-state index is 10.8. The predicted molar refractivity (Wildman–Crippen MR) is 71.1 cm³/mol. The number of carboxylic acid groups (broad SMARTS) is 1. The van der Waals surface area contributed by atoms with Crippen LogP contribution in [-0.2, 0) is 9.47 Å². The molecule has 1 heterocycles. The van der Waals surface area contributed by atoms with Crippen LogP contribution in [0.5, 0.6) is 0 Å². The monoisotopic (exact) mass is 264 g/mol. The lowest BCUT2D eigenvalue weighted by Gasteiger charge is -2.29. The summed E-state index contributed by atoms with van der Waals surface area (Å²) in [6.45, 7) is 3.61. The minimum atomic E-state index is -0.920. The first kappa shape index (κ1) is 14.0. The maximum Gasteiger partial charge on any atom is 0.335 e. The van der Waals surface area contributed by atoms with Crippen LogP contribution >= 0.6 is 0 Å². The molecule has 0 unspecified atom stereocenters. The third-order valence-corrected chi connectivity index (χ3v) is 3.36. The molecule has 19 heavy (non-hydrogen) atoms. The summed E-state index contributed by atoms with van der Waals surface area (Å²) in [6, 6.07) is 6.65. The molecule has 4 nitrogen and oxygen atoms in total. The average molecular weight is 264 g/mol. The van der Waals surface area contributed by atoms with Crippen molar-refractivity contribution < 1.29 is 19.4 Å². The Morgan fingerprint density at radius 3 is 2.42 bits per heavy atom. The van der Waals surface area contributed by atoms with E-state index in [1.807, 2.05) is 0 Å². The van der Waals surface area contributed by atoms with Gasteiger partial charge in [0.15, 0.2) is 6.29 Å². The number of carbonyl (C=O) groups is 1.